The maximum atomic E-state index is 14.0. The zero-order valence-electron chi connectivity index (χ0n) is 34.9. The third-order valence-electron chi connectivity index (χ3n) is 10.4. The summed E-state index contributed by atoms with van der Waals surface area (Å²) < 4.78 is 34.6. The molecule has 4 aromatic carbocycles. The van der Waals surface area contributed by atoms with E-state index in [1.165, 1.54) is 12.5 Å². The van der Waals surface area contributed by atoms with Crippen molar-refractivity contribution in [3.8, 4) is 34.5 Å². The Morgan fingerprint density at radius 3 is 2.25 bits per heavy atom. The van der Waals surface area contributed by atoms with Crippen molar-refractivity contribution in [3.63, 3.8) is 0 Å². The molecule has 0 fully saturated rings. The van der Waals surface area contributed by atoms with E-state index >= 15 is 0 Å². The fourth-order valence-electron chi connectivity index (χ4n) is 7.13. The minimum absolute atomic E-state index is 0.0997. The van der Waals surface area contributed by atoms with Crippen LogP contribution < -0.4 is 33.7 Å². The molecule has 11 heteroatoms. The van der Waals surface area contributed by atoms with E-state index < -0.39 is 0 Å². The van der Waals surface area contributed by atoms with Gasteiger partial charge in [-0.2, -0.15) is 0 Å². The van der Waals surface area contributed by atoms with Gasteiger partial charge in [-0.05, 0) is 110 Å². The fraction of sp³-hybridized carbons (Fsp3) is 0.312. The number of carbonyl (C=O) groups excluding carboxylic acids is 2. The van der Waals surface area contributed by atoms with Crippen LogP contribution in [-0.4, -0.2) is 70.1 Å². The van der Waals surface area contributed by atoms with Gasteiger partial charge in [0.1, 0.15) is 0 Å². The van der Waals surface area contributed by atoms with Crippen molar-refractivity contribution in [2.75, 3.05) is 46.6 Å². The second kappa shape index (κ2) is 19.3. The topological polar surface area (TPSA) is 117 Å². The maximum absolute atomic E-state index is 14.0. The van der Waals surface area contributed by atoms with Gasteiger partial charge in [0.25, 0.3) is 5.91 Å². The summed E-state index contributed by atoms with van der Waals surface area (Å²) in [7, 11) is 5.00. The van der Waals surface area contributed by atoms with Crippen molar-refractivity contribution in [2.24, 2.45) is 10.9 Å². The molecule has 2 atom stereocenters. The largest absolute Gasteiger partial charge is 0.493 e. The summed E-state index contributed by atoms with van der Waals surface area (Å²) in [5, 5.41) is 3.16. The van der Waals surface area contributed by atoms with Gasteiger partial charge in [-0.15, -0.1) is 6.58 Å². The zero-order valence-corrected chi connectivity index (χ0v) is 34.9. The van der Waals surface area contributed by atoms with Crippen LogP contribution in [0.25, 0.3) is 11.1 Å². The lowest BCUT2D eigenvalue weighted by Crippen LogP contribution is -2.31. The van der Waals surface area contributed by atoms with Crippen molar-refractivity contribution < 1.29 is 38.0 Å². The number of methoxy groups -OCH3 is 2. The third-order valence-corrected chi connectivity index (χ3v) is 10.4. The summed E-state index contributed by atoms with van der Waals surface area (Å²) in [5.74, 6) is 3.09. The molecule has 0 aliphatic carbocycles. The number of rotatable bonds is 18. The summed E-state index contributed by atoms with van der Waals surface area (Å²) in [4.78, 5) is 33.1. The lowest BCUT2D eigenvalue weighted by molar-refractivity contribution is 0.0805. The number of benzene rings is 4. The number of nitrogens with one attached hydrogen (secondary N) is 1. The minimum atomic E-state index is -0.211. The highest BCUT2D eigenvalue weighted by molar-refractivity contribution is 6.00. The van der Waals surface area contributed by atoms with Crippen LogP contribution >= 0.6 is 0 Å². The predicted octanol–water partition coefficient (Wildman–Crippen LogP) is 10.1. The number of anilines is 1. The molecule has 2 aliphatic rings. The highest BCUT2D eigenvalue weighted by atomic mass is 16.7. The summed E-state index contributed by atoms with van der Waals surface area (Å²) in [6, 6.07) is 20.9. The second-order valence-corrected chi connectivity index (χ2v) is 14.5. The molecule has 0 saturated heterocycles. The van der Waals surface area contributed by atoms with Gasteiger partial charge in [0.15, 0.2) is 40.3 Å². The van der Waals surface area contributed by atoms with Gasteiger partial charge < -0.3 is 38.6 Å². The van der Waals surface area contributed by atoms with Crippen LogP contribution in [0.15, 0.2) is 96.7 Å². The lowest BCUT2D eigenvalue weighted by atomic mass is 9.95. The highest BCUT2D eigenvalue weighted by Crippen LogP contribution is 2.40. The fourth-order valence-corrected chi connectivity index (χ4v) is 7.13. The van der Waals surface area contributed by atoms with Gasteiger partial charge in [0.05, 0.1) is 39.2 Å². The lowest BCUT2D eigenvalue weighted by Gasteiger charge is -2.22. The van der Waals surface area contributed by atoms with Crippen molar-refractivity contribution >= 4 is 40.4 Å². The average Bonchev–Trinajstić information content (AvgIpc) is 3.92. The highest BCUT2D eigenvalue weighted by Gasteiger charge is 2.31. The van der Waals surface area contributed by atoms with E-state index in [2.05, 4.69) is 49.2 Å². The van der Waals surface area contributed by atoms with Gasteiger partial charge in [-0.3, -0.25) is 14.6 Å². The number of fused-ring (bicyclic) bond motifs is 1. The van der Waals surface area contributed by atoms with Crippen LogP contribution in [0.4, 0.5) is 11.4 Å². The normalized spacial score (nSPS) is 15.2. The van der Waals surface area contributed by atoms with Crippen molar-refractivity contribution in [3.05, 3.63) is 119 Å². The van der Waals surface area contributed by atoms with Crippen molar-refractivity contribution in [1.29, 1.82) is 0 Å². The molecule has 2 heterocycles. The molecule has 11 nitrogen and oxygen atoms in total. The number of Topliss-reactive ketones (excluding diaryl/α,β-unsaturated/α-hetero) is 1. The second-order valence-electron chi connectivity index (χ2n) is 14.5. The van der Waals surface area contributed by atoms with E-state index in [-0.39, 0.29) is 30.4 Å². The standard InChI is InChI=1S/C48H53N3O8/c1-9-33(34-12-15-37(49-6)16-13-34)20-30(3)27-50-41-26-47(44(55-8)25-40(41)32(5)52)57-19-11-18-56-45-21-31(4)39(24-43(45)54-7)48(53)51-28-36(22-38(51)10-2)35-14-17-42-46(23-35)59-29-58-42/h9-10,12-17,21,23-28,30,38,49H,2,11,18-20,22,29H2,1,3-8H3/b33-9+,50-27?. The first-order valence-corrected chi connectivity index (χ1v) is 19.8. The molecule has 1 N–H and O–H groups in total. The minimum Gasteiger partial charge on any atom is -0.493 e. The van der Waals surface area contributed by atoms with E-state index in [0.717, 1.165) is 34.4 Å². The molecule has 0 radical (unpaired) electrons. The summed E-state index contributed by atoms with van der Waals surface area (Å²) in [6.07, 6.45) is 9.61. The Balaban J connectivity index is 1.08. The van der Waals surface area contributed by atoms with Crippen molar-refractivity contribution in [1.82, 2.24) is 4.90 Å². The molecule has 2 unspecified atom stereocenters. The van der Waals surface area contributed by atoms with Crippen LogP contribution in [0.3, 0.4) is 0 Å². The number of allylic oxidation sites excluding steroid dienone is 2. The van der Waals surface area contributed by atoms with Gasteiger partial charge in [0, 0.05) is 48.8 Å². The number of hydrogen-bond acceptors (Lipinski definition) is 10. The first-order chi connectivity index (χ1) is 28.6. The number of ether oxygens (including phenoxy) is 6. The van der Waals surface area contributed by atoms with Crippen LogP contribution in [0.1, 0.15) is 77.4 Å². The van der Waals surface area contributed by atoms with Gasteiger partial charge in [0.2, 0.25) is 6.79 Å². The quantitative estimate of drug-likeness (QED) is 0.0454. The number of ketones is 1. The number of aliphatic imine (C=N–C) groups is 1. The smallest absolute Gasteiger partial charge is 0.258 e. The molecule has 0 spiro atoms. The predicted molar refractivity (Wildman–Crippen MR) is 233 cm³/mol. The average molecular weight is 800 g/mol. The molecule has 0 aromatic heterocycles. The molecule has 1 amide bonds. The maximum Gasteiger partial charge on any atom is 0.258 e. The molecule has 2 aliphatic heterocycles. The Bertz CT molecular complexity index is 2280. The van der Waals surface area contributed by atoms with Crippen LogP contribution in [-0.2, 0) is 0 Å². The first kappa shape index (κ1) is 42.1. The summed E-state index contributed by atoms with van der Waals surface area (Å²) >= 11 is 0. The molecule has 0 saturated carbocycles. The summed E-state index contributed by atoms with van der Waals surface area (Å²) in [6.45, 7) is 12.4. The van der Waals surface area contributed by atoms with Gasteiger partial charge in [-0.1, -0.05) is 37.3 Å². The van der Waals surface area contributed by atoms with E-state index in [1.807, 2.05) is 57.6 Å². The van der Waals surface area contributed by atoms with Gasteiger partial charge >= 0.3 is 0 Å². The van der Waals surface area contributed by atoms with E-state index in [0.29, 0.717) is 77.4 Å². The summed E-state index contributed by atoms with van der Waals surface area (Å²) in [5.41, 5.74) is 7.61. The van der Waals surface area contributed by atoms with Gasteiger partial charge in [-0.25, -0.2) is 0 Å². The Kier molecular flexibility index (Phi) is 13.8. The van der Waals surface area contributed by atoms with E-state index in [1.54, 1.807) is 43.4 Å². The molecule has 59 heavy (non-hydrogen) atoms. The number of aryl methyl sites for hydroxylation is 1. The Hall–Kier alpha value is -6.49. The monoisotopic (exact) mass is 799 g/mol. The Morgan fingerprint density at radius 1 is 0.932 bits per heavy atom. The third kappa shape index (κ3) is 9.80. The number of nitrogens with zero attached hydrogens (tertiary/aromatic N) is 2. The SMILES string of the molecule is C=CC1CC(c2ccc3c(c2)OCO3)=CN1C(=O)c1cc(OC)c(OCCCOc2cc(N=CC(C)C/C(=C\C)c3ccc(NC)cc3)c(C(C)=O)cc2OC)cc1C. The Morgan fingerprint density at radius 2 is 1.61 bits per heavy atom. The number of amides is 1. The first-order valence-electron chi connectivity index (χ1n) is 19.8. The zero-order chi connectivity index (χ0) is 42.1. The molecular formula is C48H53N3O8. The van der Waals surface area contributed by atoms with E-state index in [4.69, 9.17) is 33.4 Å². The van der Waals surface area contributed by atoms with Crippen LogP contribution in [0.2, 0.25) is 0 Å². The molecule has 0 bridgehead atoms. The van der Waals surface area contributed by atoms with E-state index in [9.17, 15) is 9.59 Å². The molecule has 4 aromatic rings. The Labute approximate surface area is 346 Å². The molecule has 308 valence electrons. The van der Waals surface area contributed by atoms with Crippen LogP contribution in [0.5, 0.6) is 34.5 Å². The van der Waals surface area contributed by atoms with Crippen LogP contribution in [0, 0.1) is 12.8 Å². The number of hydrogen-bond donors (Lipinski definition) is 1. The molecular weight excluding hydrogens is 747 g/mol. The van der Waals surface area contributed by atoms with Crippen molar-refractivity contribution in [2.45, 2.75) is 53.0 Å². The molecule has 6 rings (SSSR count). The number of carbonyl (C=O) groups is 2.